The van der Waals surface area contributed by atoms with Crippen molar-refractivity contribution in [3.8, 4) is 0 Å². The molecule has 1 rings (SSSR count). The zero-order valence-electron chi connectivity index (χ0n) is 12.7. The molecule has 0 aliphatic rings. The average Bonchev–Trinajstić information content (AvgIpc) is 2.93. The van der Waals surface area contributed by atoms with E-state index in [1.54, 1.807) is 14.0 Å². The molecule has 1 heterocycles. The van der Waals surface area contributed by atoms with E-state index >= 15 is 0 Å². The SMILES string of the molecule is CCOC(=O)c1coc(N(CCOC)C(CC)CC)n1. The molecule has 0 aromatic carbocycles. The molecular formula is C14H24N2O4. The summed E-state index contributed by atoms with van der Waals surface area (Å²) in [5.74, 6) is -0.460. The molecule has 20 heavy (non-hydrogen) atoms. The topological polar surface area (TPSA) is 64.8 Å². The van der Waals surface area contributed by atoms with Crippen LogP contribution in [0.3, 0.4) is 0 Å². The number of rotatable bonds is 9. The Bertz CT molecular complexity index is 402. The Hall–Kier alpha value is -1.56. The van der Waals surface area contributed by atoms with Crippen LogP contribution in [0.4, 0.5) is 6.01 Å². The third kappa shape index (κ3) is 4.23. The summed E-state index contributed by atoms with van der Waals surface area (Å²) in [5, 5.41) is 0. The van der Waals surface area contributed by atoms with Crippen LogP contribution >= 0.6 is 0 Å². The maximum absolute atomic E-state index is 11.6. The molecule has 0 bridgehead atoms. The molecule has 0 fully saturated rings. The van der Waals surface area contributed by atoms with Gasteiger partial charge in [-0.25, -0.2) is 4.79 Å². The standard InChI is InChI=1S/C14H24N2O4/c1-5-11(6-2)16(8-9-18-4)14-15-12(10-20-14)13(17)19-7-3/h10-11H,5-9H2,1-4H3. The van der Waals surface area contributed by atoms with E-state index in [0.717, 1.165) is 12.8 Å². The highest BCUT2D eigenvalue weighted by atomic mass is 16.5. The predicted octanol–water partition coefficient (Wildman–Crippen LogP) is 2.49. The van der Waals surface area contributed by atoms with Crippen molar-refractivity contribution in [3.05, 3.63) is 12.0 Å². The molecule has 0 aliphatic heterocycles. The molecule has 0 amide bonds. The quantitative estimate of drug-likeness (QED) is 0.649. The number of esters is 1. The predicted molar refractivity (Wildman–Crippen MR) is 76.1 cm³/mol. The maximum atomic E-state index is 11.6. The summed E-state index contributed by atoms with van der Waals surface area (Å²) < 4.78 is 15.5. The van der Waals surface area contributed by atoms with E-state index in [2.05, 4.69) is 18.8 Å². The van der Waals surface area contributed by atoms with Crippen LogP contribution in [0.15, 0.2) is 10.7 Å². The summed E-state index contributed by atoms with van der Waals surface area (Å²) in [4.78, 5) is 17.9. The Kier molecular flexibility index (Phi) is 7.08. The molecular weight excluding hydrogens is 260 g/mol. The fraction of sp³-hybridized carbons (Fsp3) is 0.714. The van der Waals surface area contributed by atoms with E-state index in [4.69, 9.17) is 13.9 Å². The van der Waals surface area contributed by atoms with Crippen LogP contribution in [0, 0.1) is 0 Å². The number of anilines is 1. The van der Waals surface area contributed by atoms with E-state index in [9.17, 15) is 4.79 Å². The Labute approximate surface area is 120 Å². The van der Waals surface area contributed by atoms with E-state index in [1.165, 1.54) is 6.26 Å². The summed E-state index contributed by atoms with van der Waals surface area (Å²) in [6.07, 6.45) is 3.28. The largest absolute Gasteiger partial charge is 0.461 e. The van der Waals surface area contributed by atoms with Crippen molar-refractivity contribution in [1.29, 1.82) is 0 Å². The Morgan fingerprint density at radius 2 is 2.10 bits per heavy atom. The van der Waals surface area contributed by atoms with Crippen molar-refractivity contribution in [3.63, 3.8) is 0 Å². The number of oxazole rings is 1. The molecule has 0 spiro atoms. The number of hydrogen-bond acceptors (Lipinski definition) is 6. The Morgan fingerprint density at radius 3 is 2.65 bits per heavy atom. The Balaban J connectivity index is 2.87. The van der Waals surface area contributed by atoms with Gasteiger partial charge in [0.1, 0.15) is 6.26 Å². The van der Waals surface area contributed by atoms with Crippen molar-refractivity contribution >= 4 is 12.0 Å². The molecule has 1 aromatic rings. The van der Waals surface area contributed by atoms with Gasteiger partial charge in [-0.05, 0) is 19.8 Å². The molecule has 114 valence electrons. The monoisotopic (exact) mass is 284 g/mol. The highest BCUT2D eigenvalue weighted by molar-refractivity contribution is 5.87. The number of carbonyl (C=O) groups excluding carboxylic acids is 1. The fourth-order valence-corrected chi connectivity index (χ4v) is 2.05. The molecule has 0 unspecified atom stereocenters. The van der Waals surface area contributed by atoms with Crippen LogP contribution in [0.5, 0.6) is 0 Å². The lowest BCUT2D eigenvalue weighted by Crippen LogP contribution is -2.37. The number of hydrogen-bond donors (Lipinski definition) is 0. The van der Waals surface area contributed by atoms with Crippen molar-refractivity contribution in [2.24, 2.45) is 0 Å². The smallest absolute Gasteiger partial charge is 0.360 e. The van der Waals surface area contributed by atoms with E-state index in [-0.39, 0.29) is 5.69 Å². The zero-order chi connectivity index (χ0) is 15.0. The highest BCUT2D eigenvalue weighted by Gasteiger charge is 2.22. The van der Waals surface area contributed by atoms with Crippen molar-refractivity contribution in [2.45, 2.75) is 39.7 Å². The van der Waals surface area contributed by atoms with Crippen molar-refractivity contribution in [1.82, 2.24) is 4.98 Å². The minimum atomic E-state index is -0.460. The molecule has 0 N–H and O–H groups in total. The lowest BCUT2D eigenvalue weighted by molar-refractivity contribution is 0.0519. The van der Waals surface area contributed by atoms with Crippen molar-refractivity contribution < 1.29 is 18.7 Å². The summed E-state index contributed by atoms with van der Waals surface area (Å²) in [7, 11) is 1.66. The molecule has 0 radical (unpaired) electrons. The lowest BCUT2D eigenvalue weighted by Gasteiger charge is -2.28. The summed E-state index contributed by atoms with van der Waals surface area (Å²) in [6.45, 7) is 7.56. The molecule has 0 saturated carbocycles. The molecule has 1 aromatic heterocycles. The number of aromatic nitrogens is 1. The van der Waals surface area contributed by atoms with Crippen LogP contribution in [-0.2, 0) is 9.47 Å². The number of methoxy groups -OCH3 is 1. The maximum Gasteiger partial charge on any atom is 0.360 e. The minimum Gasteiger partial charge on any atom is -0.461 e. The number of carbonyl (C=O) groups is 1. The highest BCUT2D eigenvalue weighted by Crippen LogP contribution is 2.20. The van der Waals surface area contributed by atoms with E-state index in [0.29, 0.717) is 31.8 Å². The van der Waals surface area contributed by atoms with Crippen LogP contribution in [-0.4, -0.2) is 43.9 Å². The van der Waals surface area contributed by atoms with Gasteiger partial charge in [-0.1, -0.05) is 13.8 Å². The second-order valence-corrected chi connectivity index (χ2v) is 4.39. The average molecular weight is 284 g/mol. The van der Waals surface area contributed by atoms with Crippen molar-refractivity contribution in [2.75, 3.05) is 31.8 Å². The van der Waals surface area contributed by atoms with Gasteiger partial charge in [0.15, 0.2) is 5.69 Å². The summed E-state index contributed by atoms with van der Waals surface area (Å²) in [6, 6.07) is 0.748. The van der Waals surface area contributed by atoms with Gasteiger partial charge in [0, 0.05) is 19.7 Å². The van der Waals surface area contributed by atoms with Gasteiger partial charge in [0.05, 0.1) is 13.2 Å². The molecule has 0 aliphatic carbocycles. The Morgan fingerprint density at radius 1 is 1.40 bits per heavy atom. The van der Waals surface area contributed by atoms with Gasteiger partial charge in [-0.2, -0.15) is 4.98 Å². The second kappa shape index (κ2) is 8.58. The minimum absolute atomic E-state index is 0.204. The van der Waals surface area contributed by atoms with Crippen LogP contribution in [0.1, 0.15) is 44.1 Å². The van der Waals surface area contributed by atoms with Gasteiger partial charge >= 0.3 is 5.97 Å². The van der Waals surface area contributed by atoms with Gasteiger partial charge in [0.25, 0.3) is 6.01 Å². The van der Waals surface area contributed by atoms with E-state index in [1.807, 2.05) is 4.90 Å². The first-order valence-electron chi connectivity index (χ1n) is 7.06. The summed E-state index contributed by atoms with van der Waals surface area (Å²) >= 11 is 0. The second-order valence-electron chi connectivity index (χ2n) is 4.39. The number of ether oxygens (including phenoxy) is 2. The normalized spacial score (nSPS) is 10.8. The molecule has 6 nitrogen and oxygen atoms in total. The first-order valence-corrected chi connectivity index (χ1v) is 7.06. The van der Waals surface area contributed by atoms with Gasteiger partial charge in [0.2, 0.25) is 0 Å². The van der Waals surface area contributed by atoms with E-state index < -0.39 is 5.97 Å². The van der Waals surface area contributed by atoms with Crippen LogP contribution in [0.2, 0.25) is 0 Å². The zero-order valence-corrected chi connectivity index (χ0v) is 12.7. The van der Waals surface area contributed by atoms with Crippen LogP contribution in [0.25, 0.3) is 0 Å². The van der Waals surface area contributed by atoms with Gasteiger partial charge in [-0.3, -0.25) is 0 Å². The lowest BCUT2D eigenvalue weighted by atomic mass is 10.1. The fourth-order valence-electron chi connectivity index (χ4n) is 2.05. The van der Waals surface area contributed by atoms with Gasteiger partial charge < -0.3 is 18.8 Å². The van der Waals surface area contributed by atoms with Crippen LogP contribution < -0.4 is 4.90 Å². The third-order valence-corrected chi connectivity index (χ3v) is 3.14. The molecule has 0 saturated heterocycles. The first-order chi connectivity index (χ1) is 9.67. The summed E-state index contributed by atoms with van der Waals surface area (Å²) in [5.41, 5.74) is 0.204. The number of nitrogens with zero attached hydrogens (tertiary/aromatic N) is 2. The molecule has 6 heteroatoms. The first kappa shape index (κ1) is 16.5. The molecule has 0 atom stereocenters. The van der Waals surface area contributed by atoms with Gasteiger partial charge in [-0.15, -0.1) is 0 Å². The third-order valence-electron chi connectivity index (χ3n) is 3.14.